The minimum Gasteiger partial charge on any atom is -0.484 e. The number of amides is 4. The van der Waals surface area contributed by atoms with Crippen molar-refractivity contribution >= 4 is 67.2 Å². The van der Waals surface area contributed by atoms with Gasteiger partial charge in [-0.3, -0.25) is 63.3 Å². The highest BCUT2D eigenvalue weighted by Crippen LogP contribution is 2.48. The van der Waals surface area contributed by atoms with Gasteiger partial charge in [0.1, 0.15) is 5.75 Å². The third-order valence-electron chi connectivity index (χ3n) is 28.4. The van der Waals surface area contributed by atoms with E-state index in [4.69, 9.17) is 15.1 Å². The van der Waals surface area contributed by atoms with Crippen LogP contribution >= 0.6 is 0 Å². The molecule has 27 nitrogen and oxygen atoms in total. The summed E-state index contributed by atoms with van der Waals surface area (Å²) in [4.78, 5) is 65.1. The Morgan fingerprint density at radius 2 is 0.727 bits per heavy atom. The maximum atomic E-state index is 13.2. The number of hydrogen-bond acceptors (Lipinski definition) is 15. The van der Waals surface area contributed by atoms with Gasteiger partial charge in [0, 0.05) is 186 Å². The minimum atomic E-state index is 0.0962. The molecule has 8 aliphatic rings. The van der Waals surface area contributed by atoms with Crippen LogP contribution < -0.4 is 4.74 Å². The van der Waals surface area contributed by atoms with Gasteiger partial charge < -0.3 is 24.3 Å². The maximum absolute atomic E-state index is 13.2. The van der Waals surface area contributed by atoms with E-state index in [9.17, 15) is 19.2 Å². The summed E-state index contributed by atoms with van der Waals surface area (Å²) in [5.41, 5.74) is 17.1. The van der Waals surface area contributed by atoms with Gasteiger partial charge in [0.25, 0.3) is 5.91 Å². The quantitative estimate of drug-likeness (QED) is 0.0490. The number of nitrogens with one attached hydrogen (secondary N) is 4. The summed E-state index contributed by atoms with van der Waals surface area (Å²) in [6.07, 6.45) is 41.4. The summed E-state index contributed by atoms with van der Waals surface area (Å²) < 4.78 is 14.2. The monoisotopic (exact) mass is 1700 g/mol. The number of H-pyrrole nitrogens is 4. The Hall–Kier alpha value is -14.4. The highest BCUT2D eigenvalue weighted by molar-refractivity contribution is 5.89. The average molecular weight is 1700 g/mol. The molecule has 0 saturated carbocycles. The van der Waals surface area contributed by atoms with Gasteiger partial charge >= 0.3 is 0 Å². The standard InChI is InChI=1S/C26H24N6O.C26H27N5O.C25H25N5O2.C24H24N6O/c27-12-18-3-1-2-17(8-18)9-26(33)32-23-5-7-25(32)21(11-23)16-31-24-6-4-19(10-20(24)15-30-31)22-13-28-29-14-22;32-26(11-6-18-4-2-1-3-5-18)31-23-8-10-25(31)21(13-23)17-30-24-9-7-19(12-20(24)16-29-30)22-14-27-28-15-22;31-25(16-32-22-4-2-1-3-5-22)30-21-7-9-24(30)19(11-21)15-29-23-8-6-17(10-18(23)14-28-29)20-12-26-27-13-20;31-24(8-16-2-1-7-25-11-16)30-21-4-6-23(30)19(10-21)15-29-22-5-3-17(9-18(22)14-28-29)20-12-26-27-13-20/h1-4,6,8,10,13-15,21,23,25H,5,7,9,11,16H2,(H,28,29);1-5,7,9,12,14-16,21,23,25H,6,8,10-11,13,17H2,(H,27,28);1-6,8,10,12-14,19,21,24H,7,9,11,15-16H2,(H,26,27);1-3,5,7,9,11-14,19,21,23H,4,6,8,10,15H2,(H,26,27). The fourth-order valence-electron chi connectivity index (χ4n) is 22.5. The normalized spacial score (nSPS) is 22.0. The Labute approximate surface area is 739 Å². The van der Waals surface area contributed by atoms with E-state index < -0.39 is 0 Å². The third kappa shape index (κ3) is 16.5. The predicted octanol–water partition coefficient (Wildman–Crippen LogP) is 15.7. The Morgan fingerprint density at radius 1 is 0.359 bits per heavy atom. The summed E-state index contributed by atoms with van der Waals surface area (Å²) in [6, 6.07) is 61.6. The summed E-state index contributed by atoms with van der Waals surface area (Å²) in [7, 11) is 0. The zero-order valence-electron chi connectivity index (χ0n) is 71.1. The van der Waals surface area contributed by atoms with E-state index in [-0.39, 0.29) is 36.4 Å². The molecule has 4 amide bonds. The van der Waals surface area contributed by atoms with Crippen molar-refractivity contribution in [2.75, 3.05) is 6.61 Å². The van der Waals surface area contributed by atoms with E-state index in [1.54, 1.807) is 18.5 Å². The van der Waals surface area contributed by atoms with Crippen LogP contribution in [0.3, 0.4) is 0 Å². The number of hydrogen-bond donors (Lipinski definition) is 4. The van der Waals surface area contributed by atoms with Crippen molar-refractivity contribution < 1.29 is 23.9 Å². The van der Waals surface area contributed by atoms with Crippen molar-refractivity contribution in [3.8, 4) is 56.3 Å². The number of nitriles is 1. The Morgan fingerprint density at radius 3 is 1.10 bits per heavy atom. The average Bonchev–Trinajstić information content (AvgIpc) is 1.62. The van der Waals surface area contributed by atoms with Crippen LogP contribution in [0.1, 0.15) is 106 Å². The molecular weight excluding hydrogens is 1600 g/mol. The molecular formula is C101H100N22O5. The molecule has 9 aromatic heterocycles. The predicted molar refractivity (Wildman–Crippen MR) is 486 cm³/mol. The number of fused-ring (bicyclic) bond motifs is 12. The van der Waals surface area contributed by atoms with Crippen LogP contribution in [-0.2, 0) is 64.6 Å². The molecule has 12 atom stereocenters. The van der Waals surface area contributed by atoms with E-state index in [0.717, 1.165) is 215 Å². The number of benzene rings is 7. The SMILES string of the molecule is N#Cc1cccc(CC(=O)N2C3CCC2C(Cn2ncc4cc(-c5cn[nH]c5)ccc42)C3)c1.O=C(CCc1ccccc1)N1C2CCC1C(Cn1ncc3cc(-c4cn[nH]c4)ccc31)C2.O=C(COc1ccccc1)N1C2CCC1C(Cn1ncc3cc(-c4cn[nH]c4)ccc31)C2.O=C(Cc1cccnc1)N1C2CCC1C(Cn1ncc3cc(-c4cn[nH]c4)ccc31)C2. The van der Waals surface area contributed by atoms with E-state index in [1.807, 2.05) is 153 Å². The van der Waals surface area contributed by atoms with Crippen LogP contribution in [0, 0.1) is 35.0 Å². The summed E-state index contributed by atoms with van der Waals surface area (Å²) in [5, 5.41) is 60.0. The molecule has 12 unspecified atom stereocenters. The van der Waals surface area contributed by atoms with Crippen LogP contribution in [0.4, 0.5) is 0 Å². The van der Waals surface area contributed by atoms with E-state index >= 15 is 0 Å². The Bertz CT molecular complexity index is 6440. The molecule has 27 heteroatoms. The fourth-order valence-corrected chi connectivity index (χ4v) is 22.5. The molecule has 16 aromatic rings. The smallest absolute Gasteiger partial charge is 0.261 e. The summed E-state index contributed by atoms with van der Waals surface area (Å²) >= 11 is 0. The maximum Gasteiger partial charge on any atom is 0.261 e. The molecule has 644 valence electrons. The number of carbonyl (C=O) groups excluding carboxylic acids is 4. The van der Waals surface area contributed by atoms with Gasteiger partial charge in [0.05, 0.1) is 96.1 Å². The Balaban J connectivity index is 0.000000104. The lowest BCUT2D eigenvalue weighted by Crippen LogP contribution is -2.40. The topological polar surface area (TPSA) is 313 Å². The molecule has 128 heavy (non-hydrogen) atoms. The second kappa shape index (κ2) is 35.5. The lowest BCUT2D eigenvalue weighted by molar-refractivity contribution is -0.135. The first-order chi connectivity index (χ1) is 63.0. The molecule has 8 fully saturated rings. The van der Waals surface area contributed by atoms with Crippen molar-refractivity contribution in [3.63, 3.8) is 0 Å². The van der Waals surface area contributed by atoms with Crippen molar-refractivity contribution in [1.29, 1.82) is 5.26 Å². The fraction of sp³-hybridized carbons (Fsp3) is 0.327. The molecule has 8 saturated heterocycles. The number of aromatic nitrogens is 17. The van der Waals surface area contributed by atoms with Gasteiger partial charge in [-0.1, -0.05) is 91.0 Å². The number of para-hydroxylation sites is 1. The van der Waals surface area contributed by atoms with E-state index in [1.165, 1.54) is 5.56 Å². The van der Waals surface area contributed by atoms with Gasteiger partial charge in [0.2, 0.25) is 17.7 Å². The Kier molecular flexibility index (Phi) is 22.4. The molecule has 24 rings (SSSR count). The summed E-state index contributed by atoms with van der Waals surface area (Å²) in [6.45, 7) is 3.48. The highest BCUT2D eigenvalue weighted by atomic mass is 16.5. The number of aryl methyl sites for hydroxylation is 1. The number of ether oxygens (including phenoxy) is 1. The van der Waals surface area contributed by atoms with Crippen LogP contribution in [0.2, 0.25) is 0 Å². The lowest BCUT2D eigenvalue weighted by Gasteiger charge is -2.25. The molecule has 0 radical (unpaired) electrons. The first kappa shape index (κ1) is 80.7. The molecule has 0 spiro atoms. The number of aromatic amines is 4. The van der Waals surface area contributed by atoms with Gasteiger partial charge in [-0.2, -0.15) is 46.1 Å². The number of rotatable bonds is 22. The number of carbonyl (C=O) groups is 4. The first-order valence-corrected chi connectivity index (χ1v) is 45.1. The van der Waals surface area contributed by atoms with Gasteiger partial charge in [0.15, 0.2) is 6.61 Å². The highest BCUT2D eigenvalue weighted by Gasteiger charge is 2.52. The van der Waals surface area contributed by atoms with Crippen molar-refractivity contribution in [3.05, 3.63) is 279 Å². The van der Waals surface area contributed by atoms with E-state index in [0.29, 0.717) is 90.7 Å². The van der Waals surface area contributed by atoms with Gasteiger partial charge in [-0.05, 0) is 201 Å². The summed E-state index contributed by atoms with van der Waals surface area (Å²) in [5.74, 6) is 3.33. The largest absolute Gasteiger partial charge is 0.484 e. The lowest BCUT2D eigenvalue weighted by atomic mass is 9.89. The minimum absolute atomic E-state index is 0.0962. The molecule has 17 heterocycles. The van der Waals surface area contributed by atoms with Crippen LogP contribution in [0.25, 0.3) is 88.1 Å². The first-order valence-electron chi connectivity index (χ1n) is 45.1. The molecule has 0 aliphatic carbocycles. The number of nitrogens with zero attached hydrogens (tertiary/aromatic N) is 18. The third-order valence-corrected chi connectivity index (χ3v) is 28.4. The molecule has 8 aliphatic heterocycles. The van der Waals surface area contributed by atoms with E-state index in [2.05, 4.69) is 190 Å². The second-order valence-corrected chi connectivity index (χ2v) is 35.8. The zero-order valence-corrected chi connectivity index (χ0v) is 71.1. The second-order valence-electron chi connectivity index (χ2n) is 35.8. The zero-order chi connectivity index (χ0) is 86.1. The van der Waals surface area contributed by atoms with Crippen LogP contribution in [0.15, 0.2) is 257 Å². The van der Waals surface area contributed by atoms with Crippen molar-refractivity contribution in [2.45, 2.75) is 177 Å². The molecule has 8 bridgehead atoms. The van der Waals surface area contributed by atoms with Crippen molar-refractivity contribution in [1.82, 2.24) is 104 Å². The van der Waals surface area contributed by atoms with Crippen molar-refractivity contribution in [2.24, 2.45) is 23.7 Å². The molecule has 7 aromatic carbocycles. The number of pyridine rings is 1. The van der Waals surface area contributed by atoms with Crippen LogP contribution in [-0.4, -0.2) is 183 Å². The molecule has 4 N–H and O–H groups in total. The van der Waals surface area contributed by atoms with Gasteiger partial charge in [-0.15, -0.1) is 0 Å². The van der Waals surface area contributed by atoms with Gasteiger partial charge in [-0.25, -0.2) is 0 Å². The van der Waals surface area contributed by atoms with Crippen LogP contribution in [0.5, 0.6) is 5.75 Å².